The van der Waals surface area contributed by atoms with Gasteiger partial charge >= 0.3 is 0 Å². The summed E-state index contributed by atoms with van der Waals surface area (Å²) in [6.45, 7) is 1.87. The van der Waals surface area contributed by atoms with Gasteiger partial charge in [0.2, 0.25) is 5.91 Å². The second kappa shape index (κ2) is 7.41. The van der Waals surface area contributed by atoms with Crippen LogP contribution in [0.3, 0.4) is 0 Å². The summed E-state index contributed by atoms with van der Waals surface area (Å²) in [6, 6.07) is 16.9. The molecule has 0 heterocycles. The maximum absolute atomic E-state index is 12.0. The van der Waals surface area contributed by atoms with E-state index in [1.54, 1.807) is 6.08 Å². The molecule has 2 N–H and O–H groups in total. The van der Waals surface area contributed by atoms with E-state index in [9.17, 15) is 9.90 Å². The zero-order chi connectivity index (χ0) is 15.1. The van der Waals surface area contributed by atoms with Crippen molar-refractivity contribution in [2.75, 3.05) is 6.61 Å². The van der Waals surface area contributed by atoms with E-state index in [0.717, 1.165) is 16.7 Å². The summed E-state index contributed by atoms with van der Waals surface area (Å²) in [7, 11) is 0. The van der Waals surface area contributed by atoms with Crippen LogP contribution in [0.15, 0.2) is 60.7 Å². The molecule has 0 saturated carbocycles. The second-order valence-electron chi connectivity index (χ2n) is 4.84. The molecule has 0 saturated heterocycles. The molecule has 0 radical (unpaired) electrons. The minimum atomic E-state index is -0.389. The SMILES string of the molecule is Cc1ccccc1/C=C/C(=O)N[C@H](CO)c1ccccc1. The molecule has 0 fully saturated rings. The average Bonchev–Trinajstić information content (AvgIpc) is 2.52. The van der Waals surface area contributed by atoms with Gasteiger partial charge in [-0.05, 0) is 29.7 Å². The highest BCUT2D eigenvalue weighted by atomic mass is 16.3. The summed E-state index contributed by atoms with van der Waals surface area (Å²) >= 11 is 0. The van der Waals surface area contributed by atoms with Crippen molar-refractivity contribution in [2.24, 2.45) is 0 Å². The van der Waals surface area contributed by atoms with Gasteiger partial charge in [0, 0.05) is 6.08 Å². The molecule has 21 heavy (non-hydrogen) atoms. The predicted octanol–water partition coefficient (Wildman–Crippen LogP) is 2.86. The molecule has 0 bridgehead atoms. The number of hydrogen-bond donors (Lipinski definition) is 2. The van der Waals surface area contributed by atoms with E-state index in [4.69, 9.17) is 0 Å². The highest BCUT2D eigenvalue weighted by Crippen LogP contribution is 2.12. The standard InChI is InChI=1S/C18H19NO2/c1-14-7-5-6-8-15(14)11-12-18(21)19-17(13-20)16-9-3-2-4-10-16/h2-12,17,20H,13H2,1H3,(H,19,21)/b12-11+/t17-/m1/s1. The lowest BCUT2D eigenvalue weighted by Gasteiger charge is -2.15. The van der Waals surface area contributed by atoms with Crippen LogP contribution in [-0.4, -0.2) is 17.6 Å². The van der Waals surface area contributed by atoms with Crippen molar-refractivity contribution < 1.29 is 9.90 Å². The minimum absolute atomic E-state index is 0.131. The lowest BCUT2D eigenvalue weighted by atomic mass is 10.1. The number of aliphatic hydroxyl groups is 1. The fourth-order valence-corrected chi connectivity index (χ4v) is 2.08. The topological polar surface area (TPSA) is 49.3 Å². The summed E-state index contributed by atoms with van der Waals surface area (Å²) in [5, 5.41) is 12.2. The van der Waals surface area contributed by atoms with Crippen molar-refractivity contribution in [3.63, 3.8) is 0 Å². The third kappa shape index (κ3) is 4.29. The first-order chi connectivity index (χ1) is 10.2. The number of aryl methyl sites for hydroxylation is 1. The van der Waals surface area contributed by atoms with Crippen molar-refractivity contribution in [3.8, 4) is 0 Å². The number of hydrogen-bond acceptors (Lipinski definition) is 2. The van der Waals surface area contributed by atoms with E-state index in [1.165, 1.54) is 6.08 Å². The van der Waals surface area contributed by atoms with Crippen LogP contribution in [0, 0.1) is 6.92 Å². The number of carbonyl (C=O) groups is 1. The predicted molar refractivity (Wildman–Crippen MR) is 84.6 cm³/mol. The van der Waals surface area contributed by atoms with Gasteiger partial charge in [0.05, 0.1) is 12.6 Å². The van der Waals surface area contributed by atoms with E-state index in [2.05, 4.69) is 5.32 Å². The van der Waals surface area contributed by atoms with Gasteiger partial charge in [-0.25, -0.2) is 0 Å². The van der Waals surface area contributed by atoms with Gasteiger partial charge in [-0.15, -0.1) is 0 Å². The van der Waals surface area contributed by atoms with Crippen molar-refractivity contribution in [1.29, 1.82) is 0 Å². The van der Waals surface area contributed by atoms with Crippen LogP contribution in [0.4, 0.5) is 0 Å². The summed E-state index contributed by atoms with van der Waals surface area (Å²) in [6.07, 6.45) is 3.28. The molecule has 3 heteroatoms. The average molecular weight is 281 g/mol. The molecule has 0 aliphatic carbocycles. The molecule has 2 rings (SSSR count). The zero-order valence-corrected chi connectivity index (χ0v) is 12.0. The third-order valence-electron chi connectivity index (χ3n) is 3.30. The van der Waals surface area contributed by atoms with Crippen LogP contribution in [-0.2, 0) is 4.79 Å². The fourth-order valence-electron chi connectivity index (χ4n) is 2.08. The minimum Gasteiger partial charge on any atom is -0.394 e. The van der Waals surface area contributed by atoms with Gasteiger partial charge in [0.1, 0.15) is 0 Å². The lowest BCUT2D eigenvalue weighted by molar-refractivity contribution is -0.117. The van der Waals surface area contributed by atoms with E-state index < -0.39 is 0 Å². The molecule has 2 aromatic carbocycles. The Hall–Kier alpha value is -2.39. The summed E-state index contributed by atoms with van der Waals surface area (Å²) in [4.78, 5) is 12.0. The molecule has 1 amide bonds. The maximum Gasteiger partial charge on any atom is 0.244 e. The molecule has 3 nitrogen and oxygen atoms in total. The Labute approximate surface area is 124 Å². The first kappa shape index (κ1) is 15.0. The van der Waals surface area contributed by atoms with Gasteiger partial charge in [0.25, 0.3) is 0 Å². The number of carbonyl (C=O) groups excluding carboxylic acids is 1. The van der Waals surface area contributed by atoms with Crippen molar-refractivity contribution in [2.45, 2.75) is 13.0 Å². The molecule has 0 aromatic heterocycles. The van der Waals surface area contributed by atoms with Gasteiger partial charge in [-0.1, -0.05) is 54.6 Å². The number of rotatable bonds is 5. The lowest BCUT2D eigenvalue weighted by Crippen LogP contribution is -2.29. The fraction of sp³-hybridized carbons (Fsp3) is 0.167. The Bertz CT molecular complexity index is 620. The Kier molecular flexibility index (Phi) is 5.29. The largest absolute Gasteiger partial charge is 0.394 e. The highest BCUT2D eigenvalue weighted by molar-refractivity contribution is 5.92. The van der Waals surface area contributed by atoms with Crippen molar-refractivity contribution in [1.82, 2.24) is 5.32 Å². The van der Waals surface area contributed by atoms with E-state index in [1.807, 2.05) is 61.5 Å². The van der Waals surface area contributed by atoms with Gasteiger partial charge in [-0.3, -0.25) is 4.79 Å². The summed E-state index contributed by atoms with van der Waals surface area (Å²) in [5.41, 5.74) is 3.01. The summed E-state index contributed by atoms with van der Waals surface area (Å²) < 4.78 is 0. The maximum atomic E-state index is 12.0. The van der Waals surface area contributed by atoms with Crippen LogP contribution >= 0.6 is 0 Å². The molecule has 0 spiro atoms. The molecule has 108 valence electrons. The first-order valence-corrected chi connectivity index (χ1v) is 6.90. The number of aliphatic hydroxyl groups excluding tert-OH is 1. The third-order valence-corrected chi connectivity index (χ3v) is 3.30. The van der Waals surface area contributed by atoms with Gasteiger partial charge in [0.15, 0.2) is 0 Å². The Morgan fingerprint density at radius 3 is 2.48 bits per heavy atom. The van der Waals surface area contributed by atoms with Crippen LogP contribution in [0.5, 0.6) is 0 Å². The van der Waals surface area contributed by atoms with Crippen LogP contribution in [0.2, 0.25) is 0 Å². The first-order valence-electron chi connectivity index (χ1n) is 6.90. The normalized spacial score (nSPS) is 12.3. The monoisotopic (exact) mass is 281 g/mol. The molecule has 1 atom stereocenters. The van der Waals surface area contributed by atoms with Crippen LogP contribution in [0.25, 0.3) is 6.08 Å². The number of benzene rings is 2. The van der Waals surface area contributed by atoms with E-state index in [-0.39, 0.29) is 18.6 Å². The zero-order valence-electron chi connectivity index (χ0n) is 12.0. The second-order valence-corrected chi connectivity index (χ2v) is 4.84. The number of amides is 1. The molecule has 0 aliphatic rings. The Balaban J connectivity index is 2.02. The van der Waals surface area contributed by atoms with Crippen molar-refractivity contribution >= 4 is 12.0 Å². The van der Waals surface area contributed by atoms with E-state index >= 15 is 0 Å². The smallest absolute Gasteiger partial charge is 0.244 e. The highest BCUT2D eigenvalue weighted by Gasteiger charge is 2.11. The van der Waals surface area contributed by atoms with Crippen LogP contribution < -0.4 is 5.32 Å². The van der Waals surface area contributed by atoms with E-state index in [0.29, 0.717) is 0 Å². The molecule has 0 aliphatic heterocycles. The number of nitrogens with one attached hydrogen (secondary N) is 1. The Morgan fingerprint density at radius 2 is 1.81 bits per heavy atom. The van der Waals surface area contributed by atoms with Gasteiger partial charge in [-0.2, -0.15) is 0 Å². The Morgan fingerprint density at radius 1 is 1.14 bits per heavy atom. The van der Waals surface area contributed by atoms with Crippen LogP contribution in [0.1, 0.15) is 22.7 Å². The van der Waals surface area contributed by atoms with Gasteiger partial charge < -0.3 is 10.4 Å². The van der Waals surface area contributed by atoms with Crippen molar-refractivity contribution in [3.05, 3.63) is 77.4 Å². The quantitative estimate of drug-likeness (QED) is 0.828. The molecular weight excluding hydrogens is 262 g/mol. The molecule has 2 aromatic rings. The summed E-state index contributed by atoms with van der Waals surface area (Å²) in [5.74, 6) is -0.221. The molecule has 0 unspecified atom stereocenters. The molecular formula is C18H19NO2.